The summed E-state index contributed by atoms with van der Waals surface area (Å²) < 4.78 is 16.9. The van der Waals surface area contributed by atoms with Gasteiger partial charge in [-0.3, -0.25) is 14.4 Å². The fraction of sp³-hybridized carbons (Fsp3) is 0.635. The van der Waals surface area contributed by atoms with Crippen molar-refractivity contribution < 1.29 is 28.6 Å². The Kier molecular flexibility index (Phi) is 62.9. The van der Waals surface area contributed by atoms with Crippen molar-refractivity contribution in [2.45, 2.75) is 290 Å². The molecule has 1 unspecified atom stereocenters. The van der Waals surface area contributed by atoms with Crippen LogP contribution in [0.1, 0.15) is 284 Å². The van der Waals surface area contributed by atoms with E-state index >= 15 is 0 Å². The summed E-state index contributed by atoms with van der Waals surface area (Å²) >= 11 is 0. The Morgan fingerprint density at radius 3 is 0.762 bits per heavy atom. The van der Waals surface area contributed by atoms with Gasteiger partial charge in [0.05, 0.1) is 0 Å². The van der Waals surface area contributed by atoms with Crippen LogP contribution in [-0.2, 0) is 28.6 Å². The van der Waals surface area contributed by atoms with Crippen molar-refractivity contribution in [2.24, 2.45) is 0 Å². The summed E-state index contributed by atoms with van der Waals surface area (Å²) in [6, 6.07) is 0. The molecule has 0 spiro atoms. The van der Waals surface area contributed by atoms with Gasteiger partial charge in [-0.05, 0) is 122 Å². The number of hydrogen-bond donors (Lipinski definition) is 0. The predicted molar refractivity (Wildman–Crippen MR) is 348 cm³/mol. The molecular formula is C74H120O6. The molecule has 0 saturated carbocycles. The minimum absolute atomic E-state index is 0.105. The minimum atomic E-state index is -0.816. The Bertz CT molecular complexity index is 1750. The van der Waals surface area contributed by atoms with Gasteiger partial charge >= 0.3 is 17.9 Å². The first kappa shape index (κ1) is 75.3. The fourth-order valence-corrected chi connectivity index (χ4v) is 8.74. The Balaban J connectivity index is 4.51. The molecule has 6 nitrogen and oxygen atoms in total. The van der Waals surface area contributed by atoms with E-state index in [0.29, 0.717) is 19.3 Å². The molecule has 0 radical (unpaired) electrons. The van der Waals surface area contributed by atoms with Crippen molar-refractivity contribution >= 4 is 17.9 Å². The van der Waals surface area contributed by atoms with Crippen LogP contribution in [0.15, 0.2) is 146 Å². The summed E-state index contributed by atoms with van der Waals surface area (Å²) in [5.41, 5.74) is 0. The number of allylic oxidation sites excluding steroid dienone is 24. The molecule has 0 fully saturated rings. The third-order valence-electron chi connectivity index (χ3n) is 13.6. The first-order valence-electron chi connectivity index (χ1n) is 32.8. The van der Waals surface area contributed by atoms with Gasteiger partial charge in [0.1, 0.15) is 13.2 Å². The summed E-state index contributed by atoms with van der Waals surface area (Å²) in [5, 5.41) is 0. The second-order valence-corrected chi connectivity index (χ2v) is 21.3. The Morgan fingerprint density at radius 2 is 0.487 bits per heavy atom. The highest BCUT2D eigenvalue weighted by molar-refractivity contribution is 5.71. The van der Waals surface area contributed by atoms with Gasteiger partial charge in [0.25, 0.3) is 0 Å². The summed E-state index contributed by atoms with van der Waals surface area (Å²) in [6.07, 6.45) is 95.6. The first-order valence-corrected chi connectivity index (χ1v) is 32.8. The molecular weight excluding hydrogens is 985 g/mol. The molecule has 6 heteroatoms. The molecule has 452 valence electrons. The van der Waals surface area contributed by atoms with Crippen molar-refractivity contribution in [3.8, 4) is 0 Å². The summed E-state index contributed by atoms with van der Waals surface area (Å²) in [5.74, 6) is -0.968. The minimum Gasteiger partial charge on any atom is -0.462 e. The average molecular weight is 1110 g/mol. The molecule has 0 heterocycles. The summed E-state index contributed by atoms with van der Waals surface area (Å²) in [4.78, 5) is 38.4. The van der Waals surface area contributed by atoms with Crippen molar-refractivity contribution in [3.63, 3.8) is 0 Å². The van der Waals surface area contributed by atoms with Crippen LogP contribution in [0.5, 0.6) is 0 Å². The quantitative estimate of drug-likeness (QED) is 0.0261. The van der Waals surface area contributed by atoms with Crippen molar-refractivity contribution in [1.29, 1.82) is 0 Å². The maximum atomic E-state index is 12.9. The largest absolute Gasteiger partial charge is 0.462 e. The average Bonchev–Trinajstić information content (AvgIpc) is 3.46. The number of unbranched alkanes of at least 4 members (excludes halogenated alkanes) is 23. The SMILES string of the molecule is CC/C=C\C/C=C\C/C=C\C/C=C\C/C=C\C/C=C\C/C=C\CCCCCC(=O)OCC(COC(=O)CCCCCCCCCCCCCCCCCCCC)OC(=O)CCCCC/C=C\C/C=C\C/C=C\C/C=C\C/C=C\CC. The van der Waals surface area contributed by atoms with Crippen LogP contribution >= 0.6 is 0 Å². The molecule has 80 heavy (non-hydrogen) atoms. The number of esters is 3. The van der Waals surface area contributed by atoms with Gasteiger partial charge in [0.15, 0.2) is 6.10 Å². The fourth-order valence-electron chi connectivity index (χ4n) is 8.74. The van der Waals surface area contributed by atoms with Crippen LogP contribution in [0.25, 0.3) is 0 Å². The van der Waals surface area contributed by atoms with Crippen LogP contribution in [0, 0.1) is 0 Å². The molecule has 0 aliphatic carbocycles. The summed E-state index contributed by atoms with van der Waals surface area (Å²) in [7, 11) is 0. The van der Waals surface area contributed by atoms with Crippen molar-refractivity contribution in [2.75, 3.05) is 13.2 Å². The highest BCUT2D eigenvalue weighted by atomic mass is 16.6. The maximum Gasteiger partial charge on any atom is 0.306 e. The lowest BCUT2D eigenvalue weighted by molar-refractivity contribution is -0.167. The zero-order valence-corrected chi connectivity index (χ0v) is 51.8. The lowest BCUT2D eigenvalue weighted by atomic mass is 10.0. The third-order valence-corrected chi connectivity index (χ3v) is 13.6. The van der Waals surface area contributed by atoms with Gasteiger partial charge in [0.2, 0.25) is 0 Å². The monoisotopic (exact) mass is 1100 g/mol. The van der Waals surface area contributed by atoms with Gasteiger partial charge in [-0.1, -0.05) is 289 Å². The third kappa shape index (κ3) is 64.1. The van der Waals surface area contributed by atoms with Gasteiger partial charge < -0.3 is 14.2 Å². The molecule has 0 rings (SSSR count). The zero-order chi connectivity index (χ0) is 57.8. The second-order valence-electron chi connectivity index (χ2n) is 21.3. The number of rotatable bonds is 58. The van der Waals surface area contributed by atoms with E-state index in [1.54, 1.807) is 0 Å². The number of ether oxygens (including phenoxy) is 3. The number of hydrogen-bond acceptors (Lipinski definition) is 6. The van der Waals surface area contributed by atoms with E-state index in [-0.39, 0.29) is 37.5 Å². The molecule has 0 aliphatic rings. The molecule has 0 bridgehead atoms. The highest BCUT2D eigenvalue weighted by Gasteiger charge is 2.19. The topological polar surface area (TPSA) is 78.9 Å². The van der Waals surface area contributed by atoms with Gasteiger partial charge in [-0.25, -0.2) is 0 Å². The standard InChI is InChI=1S/C74H120O6/c1-4-7-10-13-16-19-22-25-28-31-34-35-36-37-38-39-41-43-46-49-52-55-58-61-64-67-73(76)79-70-71(69-78-72(75)66-63-60-57-54-51-48-45-42-33-30-27-24-21-18-15-12-9-6-3)80-74(77)68-65-62-59-56-53-50-47-44-40-32-29-26-23-20-17-14-11-8-5-2/h7-8,10-11,16-17,19-20,25-26,28-29,34-35,37-38,40-41,43-44,49-50,52-53,71H,4-6,9,12-15,18,21-24,27,30-33,36,39,42,45-48,51,54-70H2,1-3H3/b10-7-,11-8-,19-16-,20-17-,28-25-,29-26-,35-34-,38-37-,43-41-,44-40-,52-49-,53-50-. The highest BCUT2D eigenvalue weighted by Crippen LogP contribution is 2.16. The lowest BCUT2D eigenvalue weighted by Crippen LogP contribution is -2.30. The van der Waals surface area contributed by atoms with Crippen molar-refractivity contribution in [3.05, 3.63) is 146 Å². The van der Waals surface area contributed by atoms with E-state index in [4.69, 9.17) is 14.2 Å². The van der Waals surface area contributed by atoms with E-state index < -0.39 is 6.10 Å². The molecule has 0 aliphatic heterocycles. The van der Waals surface area contributed by atoms with Gasteiger partial charge in [-0.2, -0.15) is 0 Å². The molecule has 0 amide bonds. The molecule has 0 saturated heterocycles. The van der Waals surface area contributed by atoms with Crippen LogP contribution in [0.2, 0.25) is 0 Å². The Morgan fingerprint density at radius 1 is 0.263 bits per heavy atom. The number of carbonyl (C=O) groups is 3. The van der Waals surface area contributed by atoms with Crippen LogP contribution in [0.3, 0.4) is 0 Å². The van der Waals surface area contributed by atoms with E-state index in [9.17, 15) is 14.4 Å². The molecule has 0 aromatic carbocycles. The van der Waals surface area contributed by atoms with E-state index in [1.165, 1.54) is 96.3 Å². The smallest absolute Gasteiger partial charge is 0.306 e. The zero-order valence-electron chi connectivity index (χ0n) is 51.8. The second kappa shape index (κ2) is 66.8. The van der Waals surface area contributed by atoms with E-state index in [1.807, 2.05) is 0 Å². The lowest BCUT2D eigenvalue weighted by Gasteiger charge is -2.18. The van der Waals surface area contributed by atoms with Gasteiger partial charge in [0, 0.05) is 19.3 Å². The number of carbonyl (C=O) groups excluding carboxylic acids is 3. The maximum absolute atomic E-state index is 12.9. The normalized spacial score (nSPS) is 13.1. The van der Waals surface area contributed by atoms with Crippen molar-refractivity contribution in [1.82, 2.24) is 0 Å². The summed E-state index contributed by atoms with van der Waals surface area (Å²) in [6.45, 7) is 6.37. The van der Waals surface area contributed by atoms with E-state index in [2.05, 4.69) is 167 Å². The Hall–Kier alpha value is -4.71. The van der Waals surface area contributed by atoms with Gasteiger partial charge in [-0.15, -0.1) is 0 Å². The van der Waals surface area contributed by atoms with Crippen LogP contribution in [-0.4, -0.2) is 37.2 Å². The Labute approximate surface area is 493 Å². The molecule has 0 aromatic heterocycles. The van der Waals surface area contributed by atoms with Crippen LogP contribution in [0.4, 0.5) is 0 Å². The van der Waals surface area contributed by atoms with Crippen LogP contribution < -0.4 is 0 Å². The molecule has 0 N–H and O–H groups in total. The molecule has 0 aromatic rings. The van der Waals surface area contributed by atoms with E-state index in [0.717, 1.165) is 141 Å². The predicted octanol–water partition coefficient (Wildman–Crippen LogP) is 22.7. The molecule has 1 atom stereocenters. The first-order chi connectivity index (χ1) is 39.5.